The molecule has 0 radical (unpaired) electrons. The van der Waals surface area contributed by atoms with Crippen molar-refractivity contribution in [1.82, 2.24) is 14.8 Å². The molecule has 0 aliphatic carbocycles. The van der Waals surface area contributed by atoms with Crippen molar-refractivity contribution in [1.29, 1.82) is 0 Å². The molecule has 0 aliphatic heterocycles. The molecule has 0 bridgehead atoms. The Balaban J connectivity index is 1.85. The van der Waals surface area contributed by atoms with Crippen LogP contribution in [0.15, 0.2) is 55.1 Å². The zero-order valence-corrected chi connectivity index (χ0v) is 15.8. The smallest absolute Gasteiger partial charge is 0.137 e. The molecule has 2 aromatic carbocycles. The lowest BCUT2D eigenvalue weighted by Gasteiger charge is -2.29. The number of hydrogen-bond donors (Lipinski definition) is 1. The van der Waals surface area contributed by atoms with Crippen LogP contribution in [-0.2, 0) is 12.1 Å². The normalized spacial score (nSPS) is 13.4. The second-order valence-electron chi connectivity index (χ2n) is 6.07. The average Bonchev–Trinajstić information content (AvgIpc) is 3.10. The van der Waals surface area contributed by atoms with Crippen LogP contribution in [0.2, 0.25) is 10.0 Å². The summed E-state index contributed by atoms with van der Waals surface area (Å²) in [7, 11) is 0. The molecule has 136 valence electrons. The van der Waals surface area contributed by atoms with Crippen molar-refractivity contribution in [3.63, 3.8) is 0 Å². The Morgan fingerprint density at radius 2 is 1.85 bits per heavy atom. The molecular weight excluding hydrogens is 373 g/mol. The third-order valence-electron chi connectivity index (χ3n) is 4.04. The van der Waals surface area contributed by atoms with E-state index in [1.807, 2.05) is 6.92 Å². The Labute approximate surface area is 162 Å². The van der Waals surface area contributed by atoms with Gasteiger partial charge >= 0.3 is 0 Å². The van der Waals surface area contributed by atoms with Crippen LogP contribution in [0, 0.1) is 0 Å². The van der Waals surface area contributed by atoms with E-state index in [0.29, 0.717) is 33.5 Å². The fourth-order valence-electron chi connectivity index (χ4n) is 2.87. The zero-order valence-electron chi connectivity index (χ0n) is 14.3. The molecule has 0 saturated carbocycles. The summed E-state index contributed by atoms with van der Waals surface area (Å²) in [6.45, 7) is 2.29. The first-order chi connectivity index (χ1) is 12.5. The fraction of sp³-hybridized carbons (Fsp3) is 0.263. The fourth-order valence-corrected chi connectivity index (χ4v) is 3.34. The van der Waals surface area contributed by atoms with E-state index >= 15 is 0 Å². The maximum absolute atomic E-state index is 11.2. The average molecular weight is 392 g/mol. The molecule has 1 heterocycles. The van der Waals surface area contributed by atoms with Gasteiger partial charge in [-0.25, -0.2) is 9.67 Å². The lowest BCUT2D eigenvalue weighted by atomic mass is 9.89. The molecule has 0 saturated heterocycles. The third kappa shape index (κ3) is 4.36. The number of halogens is 2. The minimum atomic E-state index is -1.14. The highest BCUT2D eigenvalue weighted by atomic mass is 35.5. The van der Waals surface area contributed by atoms with E-state index in [0.717, 1.165) is 6.42 Å². The van der Waals surface area contributed by atoms with E-state index in [-0.39, 0.29) is 6.54 Å². The molecule has 1 atom stereocenters. The maximum Gasteiger partial charge on any atom is 0.137 e. The van der Waals surface area contributed by atoms with Gasteiger partial charge in [-0.05, 0) is 42.8 Å². The lowest BCUT2D eigenvalue weighted by molar-refractivity contribution is 0.00561. The molecule has 26 heavy (non-hydrogen) atoms. The van der Waals surface area contributed by atoms with Gasteiger partial charge in [0.05, 0.1) is 11.6 Å². The Morgan fingerprint density at radius 3 is 2.46 bits per heavy atom. The molecule has 3 aromatic rings. The van der Waals surface area contributed by atoms with Gasteiger partial charge in [0, 0.05) is 10.6 Å². The molecule has 0 amide bonds. The van der Waals surface area contributed by atoms with E-state index in [2.05, 4.69) is 10.1 Å². The predicted octanol–water partition coefficient (Wildman–Crippen LogP) is 5.07. The van der Waals surface area contributed by atoms with Crippen LogP contribution < -0.4 is 4.74 Å². The molecule has 1 N–H and O–H groups in total. The van der Waals surface area contributed by atoms with Gasteiger partial charge in [0.1, 0.15) is 29.8 Å². The van der Waals surface area contributed by atoms with Crippen LogP contribution in [0.3, 0.4) is 0 Å². The second kappa shape index (κ2) is 8.08. The monoisotopic (exact) mass is 391 g/mol. The predicted molar refractivity (Wildman–Crippen MR) is 102 cm³/mol. The molecule has 7 heteroatoms. The largest absolute Gasteiger partial charge is 0.457 e. The summed E-state index contributed by atoms with van der Waals surface area (Å²) in [6.07, 6.45) is 4.36. The Kier molecular flexibility index (Phi) is 5.81. The molecule has 1 aromatic heterocycles. The number of hydrogen-bond acceptors (Lipinski definition) is 4. The highest BCUT2D eigenvalue weighted by molar-refractivity contribution is 6.31. The van der Waals surface area contributed by atoms with Gasteiger partial charge in [-0.2, -0.15) is 5.10 Å². The summed E-state index contributed by atoms with van der Waals surface area (Å²) in [5.41, 5.74) is -0.502. The number of aromatic nitrogens is 3. The minimum Gasteiger partial charge on any atom is -0.457 e. The lowest BCUT2D eigenvalue weighted by Crippen LogP contribution is -2.32. The summed E-state index contributed by atoms with van der Waals surface area (Å²) in [5.74, 6) is 1.24. The Bertz CT molecular complexity index is 854. The van der Waals surface area contributed by atoms with Crippen LogP contribution in [0.25, 0.3) is 0 Å². The summed E-state index contributed by atoms with van der Waals surface area (Å²) < 4.78 is 7.40. The highest BCUT2D eigenvalue weighted by Crippen LogP contribution is 2.36. The van der Waals surface area contributed by atoms with Crippen LogP contribution >= 0.6 is 23.2 Å². The van der Waals surface area contributed by atoms with E-state index in [9.17, 15) is 5.11 Å². The van der Waals surface area contributed by atoms with E-state index in [4.69, 9.17) is 27.9 Å². The minimum absolute atomic E-state index is 0.276. The van der Waals surface area contributed by atoms with Gasteiger partial charge in [-0.3, -0.25) is 0 Å². The molecule has 0 fully saturated rings. The Hall–Kier alpha value is -2.08. The van der Waals surface area contributed by atoms with Crippen molar-refractivity contribution in [2.45, 2.75) is 31.9 Å². The van der Waals surface area contributed by atoms with Crippen LogP contribution in [0.4, 0.5) is 0 Å². The first-order valence-electron chi connectivity index (χ1n) is 8.28. The second-order valence-corrected chi connectivity index (χ2v) is 6.92. The van der Waals surface area contributed by atoms with Crippen molar-refractivity contribution < 1.29 is 9.84 Å². The molecule has 1 unspecified atom stereocenters. The maximum atomic E-state index is 11.2. The third-order valence-corrected chi connectivity index (χ3v) is 4.61. The number of rotatable bonds is 7. The van der Waals surface area contributed by atoms with Crippen molar-refractivity contribution in [3.05, 3.63) is 70.7 Å². The summed E-state index contributed by atoms with van der Waals surface area (Å²) in [6, 6.07) is 12.4. The topological polar surface area (TPSA) is 60.2 Å². The zero-order chi connectivity index (χ0) is 18.6. The van der Waals surface area contributed by atoms with Gasteiger partial charge < -0.3 is 9.84 Å². The first kappa shape index (κ1) is 18.7. The highest BCUT2D eigenvalue weighted by Gasteiger charge is 2.31. The van der Waals surface area contributed by atoms with Gasteiger partial charge in [-0.15, -0.1) is 0 Å². The summed E-state index contributed by atoms with van der Waals surface area (Å²) in [4.78, 5) is 3.93. The van der Waals surface area contributed by atoms with Crippen molar-refractivity contribution in [2.24, 2.45) is 0 Å². The Morgan fingerprint density at radius 1 is 1.12 bits per heavy atom. The summed E-state index contributed by atoms with van der Waals surface area (Å²) in [5, 5.41) is 16.4. The van der Waals surface area contributed by atoms with Gasteiger partial charge in [-0.1, -0.05) is 42.6 Å². The number of benzene rings is 2. The van der Waals surface area contributed by atoms with Crippen molar-refractivity contribution in [2.75, 3.05) is 0 Å². The quantitative estimate of drug-likeness (QED) is 0.610. The summed E-state index contributed by atoms with van der Waals surface area (Å²) >= 11 is 12.4. The standard InChI is InChI=1S/C19H19Cl2N3O2/c1-2-9-19(25,11-24-13-22-12-23-24)17-8-7-16(10-18(17)21)26-15-5-3-14(20)4-6-15/h3-8,10,12-13,25H,2,9,11H2,1H3. The van der Waals surface area contributed by atoms with Gasteiger partial charge in [0.25, 0.3) is 0 Å². The first-order valence-corrected chi connectivity index (χ1v) is 9.04. The van der Waals surface area contributed by atoms with Crippen molar-refractivity contribution >= 4 is 23.2 Å². The van der Waals surface area contributed by atoms with E-state index < -0.39 is 5.60 Å². The van der Waals surface area contributed by atoms with Crippen LogP contribution in [0.5, 0.6) is 11.5 Å². The van der Waals surface area contributed by atoms with E-state index in [1.165, 1.54) is 6.33 Å². The molecule has 0 spiro atoms. The molecule has 0 aliphatic rings. The van der Waals surface area contributed by atoms with Crippen molar-refractivity contribution in [3.8, 4) is 11.5 Å². The number of nitrogens with zero attached hydrogens (tertiary/aromatic N) is 3. The van der Waals surface area contributed by atoms with Gasteiger partial charge in [0.15, 0.2) is 0 Å². The van der Waals surface area contributed by atoms with Crippen LogP contribution in [-0.4, -0.2) is 19.9 Å². The number of ether oxygens (including phenoxy) is 1. The molecule has 5 nitrogen and oxygen atoms in total. The van der Waals surface area contributed by atoms with Gasteiger partial charge in [0.2, 0.25) is 0 Å². The SMILES string of the molecule is CCCC(O)(Cn1cncn1)c1ccc(Oc2ccc(Cl)cc2)cc1Cl. The number of aliphatic hydroxyl groups is 1. The van der Waals surface area contributed by atoms with E-state index in [1.54, 1.807) is 53.5 Å². The van der Waals surface area contributed by atoms with Crippen LogP contribution in [0.1, 0.15) is 25.3 Å². The molecular formula is C19H19Cl2N3O2. The molecule has 3 rings (SSSR count).